The summed E-state index contributed by atoms with van der Waals surface area (Å²) < 4.78 is 0. The van der Waals surface area contributed by atoms with Crippen LogP contribution in [0.15, 0.2) is 36.4 Å². The minimum Gasteiger partial charge on any atom is -0.325 e. The van der Waals surface area contributed by atoms with E-state index in [0.29, 0.717) is 10.0 Å². The molecule has 2 amide bonds. The number of anilines is 1. The molecule has 2 heterocycles. The highest BCUT2D eigenvalue weighted by atomic mass is 35.5. The Morgan fingerprint density at radius 1 is 1.11 bits per heavy atom. The van der Waals surface area contributed by atoms with E-state index in [1.807, 2.05) is 29.2 Å². The third-order valence-electron chi connectivity index (χ3n) is 5.46. The fourth-order valence-corrected chi connectivity index (χ4v) is 4.71. The number of rotatable bonds is 2. The molecule has 4 nitrogen and oxygen atoms in total. The van der Waals surface area contributed by atoms with Crippen molar-refractivity contribution < 1.29 is 4.79 Å². The zero-order valence-corrected chi connectivity index (χ0v) is 16.9. The summed E-state index contributed by atoms with van der Waals surface area (Å²) in [6.07, 6.45) is 2.15. The van der Waals surface area contributed by atoms with Gasteiger partial charge in [-0.25, -0.2) is 4.79 Å². The van der Waals surface area contributed by atoms with Gasteiger partial charge < -0.3 is 15.1 Å². The summed E-state index contributed by atoms with van der Waals surface area (Å²) >= 11 is 12.8. The molecule has 27 heavy (non-hydrogen) atoms. The first-order valence-electron chi connectivity index (χ1n) is 9.34. The maximum absolute atomic E-state index is 12.6. The molecular formula is C21H23Cl2N3O. The SMILES string of the molecule is CN1Cc2c(Cl)cc(Cl)cc2C(c2ccccc2NC(=O)N2CCCC2)C1. The number of benzene rings is 2. The van der Waals surface area contributed by atoms with Crippen molar-refractivity contribution in [2.24, 2.45) is 0 Å². The van der Waals surface area contributed by atoms with Crippen LogP contribution in [0.4, 0.5) is 10.5 Å². The summed E-state index contributed by atoms with van der Waals surface area (Å²) in [7, 11) is 2.09. The number of fused-ring (bicyclic) bond motifs is 1. The third kappa shape index (κ3) is 3.79. The number of likely N-dealkylation sites (tertiary alicyclic amines) is 1. The molecule has 1 unspecified atom stereocenters. The van der Waals surface area contributed by atoms with Gasteiger partial charge in [-0.1, -0.05) is 41.4 Å². The normalized spacial score (nSPS) is 19.8. The van der Waals surface area contributed by atoms with Crippen molar-refractivity contribution in [2.75, 3.05) is 32.0 Å². The lowest BCUT2D eigenvalue weighted by atomic mass is 9.84. The predicted octanol–water partition coefficient (Wildman–Crippen LogP) is 5.20. The van der Waals surface area contributed by atoms with Gasteiger partial charge in [0, 0.05) is 47.8 Å². The van der Waals surface area contributed by atoms with E-state index >= 15 is 0 Å². The fourth-order valence-electron chi connectivity index (χ4n) is 4.14. The molecule has 0 saturated carbocycles. The average Bonchev–Trinajstić information content (AvgIpc) is 3.17. The lowest BCUT2D eigenvalue weighted by Gasteiger charge is -2.34. The van der Waals surface area contributed by atoms with Crippen molar-refractivity contribution in [3.8, 4) is 0 Å². The van der Waals surface area contributed by atoms with Gasteiger partial charge in [0.05, 0.1) is 0 Å². The van der Waals surface area contributed by atoms with Crippen molar-refractivity contribution >= 4 is 34.9 Å². The molecule has 6 heteroatoms. The lowest BCUT2D eigenvalue weighted by Crippen LogP contribution is -2.34. The van der Waals surface area contributed by atoms with Gasteiger partial charge in [0.15, 0.2) is 0 Å². The number of amides is 2. The van der Waals surface area contributed by atoms with Gasteiger partial charge in [0.2, 0.25) is 0 Å². The van der Waals surface area contributed by atoms with Crippen molar-refractivity contribution in [1.29, 1.82) is 0 Å². The van der Waals surface area contributed by atoms with Crippen LogP contribution in [-0.4, -0.2) is 42.5 Å². The predicted molar refractivity (Wildman–Crippen MR) is 111 cm³/mol. The number of hydrogen-bond donors (Lipinski definition) is 1. The van der Waals surface area contributed by atoms with Crippen LogP contribution in [0.2, 0.25) is 10.0 Å². The van der Waals surface area contributed by atoms with Gasteiger partial charge in [0.1, 0.15) is 0 Å². The van der Waals surface area contributed by atoms with Crippen molar-refractivity contribution in [1.82, 2.24) is 9.80 Å². The van der Waals surface area contributed by atoms with Crippen LogP contribution in [0, 0.1) is 0 Å². The minimum absolute atomic E-state index is 0.0199. The third-order valence-corrected chi connectivity index (χ3v) is 6.02. The fraction of sp³-hybridized carbons (Fsp3) is 0.381. The number of urea groups is 1. The monoisotopic (exact) mass is 403 g/mol. The molecule has 1 saturated heterocycles. The molecule has 4 rings (SSSR count). The second-order valence-corrected chi connectivity index (χ2v) is 8.26. The number of nitrogens with zero attached hydrogens (tertiary/aromatic N) is 2. The van der Waals surface area contributed by atoms with Gasteiger partial charge in [-0.2, -0.15) is 0 Å². The summed E-state index contributed by atoms with van der Waals surface area (Å²) in [5, 5.41) is 4.47. The Morgan fingerprint density at radius 2 is 1.85 bits per heavy atom. The Balaban J connectivity index is 1.71. The number of carbonyl (C=O) groups is 1. The summed E-state index contributed by atoms with van der Waals surface area (Å²) in [5.41, 5.74) is 4.21. The number of para-hydroxylation sites is 1. The molecule has 1 fully saturated rings. The molecule has 0 spiro atoms. The van der Waals surface area contributed by atoms with Crippen LogP contribution in [0.25, 0.3) is 0 Å². The second-order valence-electron chi connectivity index (χ2n) is 7.42. The number of likely N-dealkylation sites (N-methyl/N-ethyl adjacent to an activating group) is 1. The average molecular weight is 404 g/mol. The molecule has 142 valence electrons. The maximum atomic E-state index is 12.6. The Hall–Kier alpha value is -1.75. The van der Waals surface area contributed by atoms with Crippen LogP contribution >= 0.6 is 23.2 Å². The Kier molecular flexibility index (Phi) is 5.31. The van der Waals surface area contributed by atoms with Crippen molar-refractivity contribution in [3.05, 3.63) is 63.1 Å². The van der Waals surface area contributed by atoms with E-state index in [1.165, 1.54) is 0 Å². The van der Waals surface area contributed by atoms with Crippen molar-refractivity contribution in [3.63, 3.8) is 0 Å². The van der Waals surface area contributed by atoms with E-state index in [0.717, 1.165) is 61.4 Å². The molecule has 2 aromatic carbocycles. The highest BCUT2D eigenvalue weighted by Gasteiger charge is 2.29. The largest absolute Gasteiger partial charge is 0.325 e. The molecule has 2 aliphatic heterocycles. The number of hydrogen-bond acceptors (Lipinski definition) is 2. The molecule has 0 radical (unpaired) electrons. The summed E-state index contributed by atoms with van der Waals surface area (Å²) in [4.78, 5) is 16.8. The van der Waals surface area contributed by atoms with Gasteiger partial charge in [0.25, 0.3) is 0 Å². The topological polar surface area (TPSA) is 35.6 Å². The number of halogens is 2. The maximum Gasteiger partial charge on any atom is 0.321 e. The van der Waals surface area contributed by atoms with Crippen LogP contribution < -0.4 is 5.32 Å². The summed E-state index contributed by atoms with van der Waals surface area (Å²) in [6.45, 7) is 3.30. The first-order valence-corrected chi connectivity index (χ1v) is 10.1. The number of nitrogens with one attached hydrogen (secondary N) is 1. The highest BCUT2D eigenvalue weighted by Crippen LogP contribution is 2.40. The van der Waals surface area contributed by atoms with E-state index in [1.54, 1.807) is 6.07 Å². The molecule has 2 aliphatic rings. The molecular weight excluding hydrogens is 381 g/mol. The number of carbonyl (C=O) groups excluding carboxylic acids is 1. The smallest absolute Gasteiger partial charge is 0.321 e. The first-order chi connectivity index (χ1) is 13.0. The highest BCUT2D eigenvalue weighted by molar-refractivity contribution is 6.35. The Labute approximate surface area is 170 Å². The zero-order chi connectivity index (χ0) is 19.0. The molecule has 0 bridgehead atoms. The van der Waals surface area contributed by atoms with Crippen molar-refractivity contribution in [2.45, 2.75) is 25.3 Å². The standard InChI is InChI=1S/C21H23Cl2N3O/c1-25-12-17(16-10-14(22)11-19(23)18(16)13-25)15-6-2-3-7-20(15)24-21(27)26-8-4-5-9-26/h2-3,6-7,10-11,17H,4-5,8-9,12-13H2,1H3,(H,24,27). The molecule has 0 aliphatic carbocycles. The Bertz CT molecular complexity index is 865. The van der Waals surface area contributed by atoms with Gasteiger partial charge in [-0.05, 0) is 54.8 Å². The molecule has 0 aromatic heterocycles. The van der Waals surface area contributed by atoms with E-state index in [9.17, 15) is 4.79 Å². The molecule has 1 N–H and O–H groups in total. The molecule has 1 atom stereocenters. The van der Waals surface area contributed by atoms with Gasteiger partial charge >= 0.3 is 6.03 Å². The van der Waals surface area contributed by atoms with Crippen LogP contribution in [0.5, 0.6) is 0 Å². The second kappa shape index (κ2) is 7.70. The van der Waals surface area contributed by atoms with Crippen LogP contribution in [-0.2, 0) is 6.54 Å². The van der Waals surface area contributed by atoms with E-state index in [4.69, 9.17) is 23.2 Å². The van der Waals surface area contributed by atoms with Crippen LogP contribution in [0.3, 0.4) is 0 Å². The quantitative estimate of drug-likeness (QED) is 0.747. The van der Waals surface area contributed by atoms with E-state index in [-0.39, 0.29) is 11.9 Å². The van der Waals surface area contributed by atoms with Gasteiger partial charge in [-0.3, -0.25) is 0 Å². The lowest BCUT2D eigenvalue weighted by molar-refractivity contribution is 0.222. The minimum atomic E-state index is -0.0199. The zero-order valence-electron chi connectivity index (χ0n) is 15.3. The Morgan fingerprint density at radius 3 is 2.63 bits per heavy atom. The van der Waals surface area contributed by atoms with E-state index < -0.39 is 0 Å². The van der Waals surface area contributed by atoms with Gasteiger partial charge in [-0.15, -0.1) is 0 Å². The first kappa shape index (κ1) is 18.6. The van der Waals surface area contributed by atoms with Crippen LogP contribution in [0.1, 0.15) is 35.4 Å². The van der Waals surface area contributed by atoms with E-state index in [2.05, 4.69) is 23.3 Å². The molecule has 2 aromatic rings. The summed E-state index contributed by atoms with van der Waals surface area (Å²) in [5.74, 6) is 0.102. The summed E-state index contributed by atoms with van der Waals surface area (Å²) in [6, 6.07) is 11.8.